The van der Waals surface area contributed by atoms with Crippen molar-refractivity contribution >= 4 is 44.4 Å². The van der Waals surface area contributed by atoms with E-state index in [2.05, 4.69) is 29.0 Å². The summed E-state index contributed by atoms with van der Waals surface area (Å²) in [6.45, 7) is 11.1. The summed E-state index contributed by atoms with van der Waals surface area (Å²) >= 11 is 0. The topological polar surface area (TPSA) is 104 Å². The monoisotopic (exact) mass is 780 g/mol. The number of hydrogen-bond donors (Lipinski definition) is 0. The minimum absolute atomic E-state index is 0.00316. The van der Waals surface area contributed by atoms with E-state index in [1.165, 1.54) is 12.5 Å². The number of halogens is 6. The highest BCUT2D eigenvalue weighted by molar-refractivity contribution is 5.92. The molecule has 5 aromatic carbocycles. The number of aromatic nitrogens is 4. The SMILES string of the molecule is Cc1nc2cc(C(c3ccc4oc(-c5cc(C)c(-c6nc7cc8nc(-c9cc(C)c(C)cc9C)oc8cc7o6)cc5C)nc4c3)(C(F)(F)F)C(F)(F)F)ccc2o1. The van der Waals surface area contributed by atoms with Crippen LogP contribution in [0.15, 0.2) is 90.5 Å². The van der Waals surface area contributed by atoms with Crippen molar-refractivity contribution in [3.63, 3.8) is 0 Å². The molecule has 0 amide bonds. The molecule has 9 rings (SSSR count). The molecular weight excluding hydrogens is 750 g/mol. The Morgan fingerprint density at radius 3 is 1.26 bits per heavy atom. The molecule has 0 N–H and O–H groups in total. The molecule has 0 fully saturated rings. The van der Waals surface area contributed by atoms with E-state index in [1.807, 2.05) is 20.8 Å². The Morgan fingerprint density at radius 1 is 0.386 bits per heavy atom. The smallest absolute Gasteiger partial charge is 0.411 e. The molecule has 288 valence electrons. The van der Waals surface area contributed by atoms with Crippen LogP contribution in [-0.2, 0) is 5.41 Å². The van der Waals surface area contributed by atoms with Gasteiger partial charge in [-0.2, -0.15) is 26.3 Å². The molecule has 0 saturated heterocycles. The summed E-state index contributed by atoms with van der Waals surface area (Å²) in [5.74, 6) is 0.932. The number of oxazole rings is 4. The second-order valence-electron chi connectivity index (χ2n) is 14.4. The summed E-state index contributed by atoms with van der Waals surface area (Å²) in [5, 5.41) is 0. The maximum Gasteiger partial charge on any atom is 0.411 e. The van der Waals surface area contributed by atoms with Gasteiger partial charge in [0, 0.05) is 29.7 Å². The lowest BCUT2D eigenvalue weighted by Gasteiger charge is -2.38. The molecular formula is C43H30F6N4O4. The number of benzene rings is 5. The van der Waals surface area contributed by atoms with Crippen LogP contribution in [-0.4, -0.2) is 32.3 Å². The van der Waals surface area contributed by atoms with Crippen molar-refractivity contribution < 1.29 is 44.0 Å². The predicted octanol–water partition coefficient (Wildman–Crippen LogP) is 12.5. The highest BCUT2D eigenvalue weighted by atomic mass is 19.4. The Kier molecular flexibility index (Phi) is 7.80. The van der Waals surface area contributed by atoms with Gasteiger partial charge in [0.1, 0.15) is 22.1 Å². The third kappa shape index (κ3) is 5.59. The molecule has 0 aliphatic carbocycles. The average molecular weight is 781 g/mol. The van der Waals surface area contributed by atoms with E-state index in [0.717, 1.165) is 53.1 Å². The molecule has 57 heavy (non-hydrogen) atoms. The quantitative estimate of drug-likeness (QED) is 0.159. The van der Waals surface area contributed by atoms with Crippen LogP contribution in [0, 0.1) is 41.5 Å². The fourth-order valence-electron chi connectivity index (χ4n) is 7.58. The summed E-state index contributed by atoms with van der Waals surface area (Å²) in [6.07, 6.45) is -11.6. The number of hydrogen-bond acceptors (Lipinski definition) is 8. The van der Waals surface area contributed by atoms with Gasteiger partial charge in [-0.3, -0.25) is 0 Å². The molecule has 0 spiro atoms. The number of rotatable bonds is 5. The summed E-state index contributed by atoms with van der Waals surface area (Å²) in [7, 11) is 0. The molecule has 0 radical (unpaired) electrons. The van der Waals surface area contributed by atoms with Crippen LogP contribution >= 0.6 is 0 Å². The van der Waals surface area contributed by atoms with Crippen molar-refractivity contribution in [2.45, 2.75) is 59.3 Å². The van der Waals surface area contributed by atoms with Crippen LogP contribution < -0.4 is 0 Å². The van der Waals surface area contributed by atoms with Crippen LogP contribution in [0.1, 0.15) is 44.8 Å². The molecule has 4 aromatic heterocycles. The number of aryl methyl sites for hydroxylation is 6. The second kappa shape index (κ2) is 12.3. The molecule has 0 aliphatic rings. The van der Waals surface area contributed by atoms with Gasteiger partial charge in [-0.1, -0.05) is 18.2 Å². The Hall–Kier alpha value is -6.44. The lowest BCUT2D eigenvalue weighted by atomic mass is 9.72. The van der Waals surface area contributed by atoms with E-state index in [0.29, 0.717) is 56.2 Å². The van der Waals surface area contributed by atoms with E-state index < -0.39 is 28.9 Å². The van der Waals surface area contributed by atoms with Crippen LogP contribution in [0.3, 0.4) is 0 Å². The predicted molar refractivity (Wildman–Crippen MR) is 201 cm³/mol. The first-order valence-corrected chi connectivity index (χ1v) is 17.7. The Labute approximate surface area is 319 Å². The lowest BCUT2D eigenvalue weighted by molar-refractivity contribution is -0.288. The van der Waals surface area contributed by atoms with Crippen LogP contribution in [0.4, 0.5) is 26.3 Å². The Balaban J connectivity index is 1.08. The van der Waals surface area contributed by atoms with E-state index >= 15 is 26.3 Å². The minimum Gasteiger partial charge on any atom is -0.441 e. The third-order valence-electron chi connectivity index (χ3n) is 10.6. The van der Waals surface area contributed by atoms with Gasteiger partial charge in [0.05, 0.1) is 0 Å². The highest BCUT2D eigenvalue weighted by Crippen LogP contribution is 2.57. The van der Waals surface area contributed by atoms with Crippen LogP contribution in [0.2, 0.25) is 0 Å². The summed E-state index contributed by atoms with van der Waals surface area (Å²) in [6, 6.07) is 16.4. The fraction of sp³-hybridized carbons (Fsp3) is 0.209. The van der Waals surface area contributed by atoms with Crippen molar-refractivity contribution in [2.75, 3.05) is 0 Å². The lowest BCUT2D eigenvalue weighted by Crippen LogP contribution is -2.54. The fourth-order valence-corrected chi connectivity index (χ4v) is 7.58. The molecule has 0 aliphatic heterocycles. The van der Waals surface area contributed by atoms with Gasteiger partial charge in [0.15, 0.2) is 28.2 Å². The zero-order chi connectivity index (χ0) is 40.3. The van der Waals surface area contributed by atoms with Crippen molar-refractivity contribution in [3.8, 4) is 34.4 Å². The van der Waals surface area contributed by atoms with Crippen molar-refractivity contribution in [2.24, 2.45) is 0 Å². The summed E-state index contributed by atoms with van der Waals surface area (Å²) in [5.41, 5.74) is 2.12. The van der Waals surface area contributed by atoms with Gasteiger partial charge >= 0.3 is 12.4 Å². The summed E-state index contributed by atoms with van der Waals surface area (Å²) in [4.78, 5) is 17.8. The van der Waals surface area contributed by atoms with E-state index in [-0.39, 0.29) is 34.0 Å². The summed E-state index contributed by atoms with van der Waals surface area (Å²) < 4.78 is 114. The second-order valence-corrected chi connectivity index (χ2v) is 14.4. The molecule has 0 unspecified atom stereocenters. The van der Waals surface area contributed by atoms with Gasteiger partial charge in [0.25, 0.3) is 0 Å². The van der Waals surface area contributed by atoms with E-state index in [9.17, 15) is 0 Å². The third-order valence-corrected chi connectivity index (χ3v) is 10.6. The first kappa shape index (κ1) is 36.2. The maximum atomic E-state index is 15.0. The largest absolute Gasteiger partial charge is 0.441 e. The van der Waals surface area contributed by atoms with Gasteiger partial charge in [-0.25, -0.2) is 19.9 Å². The maximum absolute atomic E-state index is 15.0. The minimum atomic E-state index is -5.81. The Morgan fingerprint density at radius 2 is 0.772 bits per heavy atom. The van der Waals surface area contributed by atoms with Crippen LogP contribution in [0.25, 0.3) is 78.8 Å². The molecule has 4 heterocycles. The molecule has 0 saturated carbocycles. The van der Waals surface area contributed by atoms with Gasteiger partial charge < -0.3 is 17.7 Å². The zero-order valence-corrected chi connectivity index (χ0v) is 31.1. The van der Waals surface area contributed by atoms with E-state index in [1.54, 1.807) is 31.2 Å². The first-order valence-electron chi connectivity index (χ1n) is 17.7. The zero-order valence-electron chi connectivity index (χ0n) is 31.1. The van der Waals surface area contributed by atoms with Crippen molar-refractivity contribution in [3.05, 3.63) is 118 Å². The Bertz CT molecular complexity index is 3030. The molecule has 0 atom stereocenters. The highest BCUT2D eigenvalue weighted by Gasteiger charge is 2.72. The molecule has 9 aromatic rings. The molecule has 8 nitrogen and oxygen atoms in total. The van der Waals surface area contributed by atoms with Crippen LogP contribution in [0.5, 0.6) is 0 Å². The van der Waals surface area contributed by atoms with Gasteiger partial charge in [-0.15, -0.1) is 0 Å². The molecule has 0 bridgehead atoms. The average Bonchev–Trinajstić information content (AvgIpc) is 3.92. The first-order chi connectivity index (χ1) is 26.9. The van der Waals surface area contributed by atoms with Gasteiger partial charge in [-0.05, 0) is 122 Å². The molecule has 14 heteroatoms. The number of nitrogens with zero attached hydrogens (tertiary/aromatic N) is 4. The standard InChI is InChI=1S/C43H30F6N4O4/c1-19-11-21(3)27(12-20(19)2)39-52-32-17-33-37(18-36(32)56-39)57-40(53-33)29-14-22(4)28(13-23(29)5)38-51-31-16-26(8-10-35(31)55-38)41(42(44,45)46,43(47,48)49)25-7-9-34-30(15-25)50-24(6)54-34/h7-18H,1-6H3. The van der Waals surface area contributed by atoms with Gasteiger partial charge in [0.2, 0.25) is 23.1 Å². The number of alkyl halides is 6. The van der Waals surface area contributed by atoms with E-state index in [4.69, 9.17) is 27.6 Å². The number of fused-ring (bicyclic) bond motifs is 4. The van der Waals surface area contributed by atoms with Crippen molar-refractivity contribution in [1.29, 1.82) is 0 Å². The van der Waals surface area contributed by atoms with Crippen molar-refractivity contribution in [1.82, 2.24) is 19.9 Å². The normalized spacial score (nSPS) is 12.9.